The van der Waals surface area contributed by atoms with Crippen molar-refractivity contribution in [3.05, 3.63) is 88.7 Å². The van der Waals surface area contributed by atoms with E-state index in [4.69, 9.17) is 4.42 Å². The Morgan fingerprint density at radius 1 is 1.06 bits per heavy atom. The van der Waals surface area contributed by atoms with Crippen LogP contribution in [0.15, 0.2) is 70.2 Å². The molecule has 32 heavy (non-hydrogen) atoms. The number of anilines is 2. The Morgan fingerprint density at radius 2 is 1.81 bits per heavy atom. The van der Waals surface area contributed by atoms with Crippen molar-refractivity contribution in [1.82, 2.24) is 0 Å². The number of benzene rings is 2. The second-order valence-corrected chi connectivity index (χ2v) is 7.86. The minimum Gasteiger partial charge on any atom is -0.468 e. The van der Waals surface area contributed by atoms with Gasteiger partial charge in [0.25, 0.3) is 11.8 Å². The van der Waals surface area contributed by atoms with Crippen molar-refractivity contribution in [2.45, 2.75) is 12.7 Å². The predicted octanol–water partition coefficient (Wildman–Crippen LogP) is 4.73. The topological polar surface area (TPSA) is 79.6 Å². The number of imide groups is 1. The number of carbonyl (C=O) groups excluding carboxylic acids is 3. The first-order valence-corrected chi connectivity index (χ1v) is 10.4. The SMILES string of the molecule is CC(=O)Nc1ccc(C2=C(SCc3ccco3)C(=O)N(c3ccc(F)cc3F)C2=O)cc1. The number of thioether (sulfide) groups is 1. The van der Waals surface area contributed by atoms with Crippen molar-refractivity contribution in [3.8, 4) is 0 Å². The van der Waals surface area contributed by atoms with Gasteiger partial charge in [0.15, 0.2) is 0 Å². The largest absolute Gasteiger partial charge is 0.468 e. The molecule has 2 aromatic carbocycles. The number of furan rings is 1. The summed E-state index contributed by atoms with van der Waals surface area (Å²) in [4.78, 5) is 38.5. The van der Waals surface area contributed by atoms with Gasteiger partial charge in [0.2, 0.25) is 5.91 Å². The second-order valence-electron chi connectivity index (χ2n) is 6.87. The smallest absolute Gasteiger partial charge is 0.272 e. The average molecular weight is 454 g/mol. The van der Waals surface area contributed by atoms with E-state index in [-0.39, 0.29) is 27.8 Å². The molecule has 4 rings (SSSR count). The molecule has 1 N–H and O–H groups in total. The maximum absolute atomic E-state index is 14.4. The molecular formula is C23H16F2N2O4S. The van der Waals surface area contributed by atoms with Gasteiger partial charge in [-0.05, 0) is 42.0 Å². The number of amides is 3. The third-order valence-electron chi connectivity index (χ3n) is 4.62. The Labute approximate surface area is 185 Å². The van der Waals surface area contributed by atoms with Gasteiger partial charge in [-0.3, -0.25) is 14.4 Å². The summed E-state index contributed by atoms with van der Waals surface area (Å²) in [7, 11) is 0. The third kappa shape index (κ3) is 4.19. The zero-order valence-electron chi connectivity index (χ0n) is 16.7. The Morgan fingerprint density at radius 3 is 2.44 bits per heavy atom. The highest BCUT2D eigenvalue weighted by molar-refractivity contribution is 8.03. The molecule has 0 bridgehead atoms. The minimum atomic E-state index is -1.02. The van der Waals surface area contributed by atoms with Crippen molar-refractivity contribution in [1.29, 1.82) is 0 Å². The van der Waals surface area contributed by atoms with Crippen molar-refractivity contribution in [2.75, 3.05) is 10.2 Å². The first kappa shape index (κ1) is 21.5. The molecule has 0 radical (unpaired) electrons. The number of rotatable bonds is 6. The molecule has 1 aromatic heterocycles. The summed E-state index contributed by atoms with van der Waals surface area (Å²) in [5.41, 5.74) is 0.696. The third-order valence-corrected chi connectivity index (χ3v) is 5.72. The van der Waals surface area contributed by atoms with Crippen molar-refractivity contribution >= 4 is 46.4 Å². The van der Waals surface area contributed by atoms with E-state index in [1.54, 1.807) is 36.4 Å². The lowest BCUT2D eigenvalue weighted by molar-refractivity contribution is -0.120. The highest BCUT2D eigenvalue weighted by atomic mass is 32.2. The number of nitrogens with zero attached hydrogens (tertiary/aromatic N) is 1. The number of carbonyl (C=O) groups is 3. The van der Waals surface area contributed by atoms with Gasteiger partial charge >= 0.3 is 0 Å². The maximum Gasteiger partial charge on any atom is 0.272 e. The minimum absolute atomic E-state index is 0.0876. The molecule has 3 amide bonds. The lowest BCUT2D eigenvalue weighted by atomic mass is 10.1. The summed E-state index contributed by atoms with van der Waals surface area (Å²) in [6.07, 6.45) is 1.49. The predicted molar refractivity (Wildman–Crippen MR) is 117 cm³/mol. The van der Waals surface area contributed by atoms with E-state index >= 15 is 0 Å². The lowest BCUT2D eigenvalue weighted by Crippen LogP contribution is -2.32. The highest BCUT2D eigenvalue weighted by Gasteiger charge is 2.41. The van der Waals surface area contributed by atoms with Gasteiger partial charge in [0.1, 0.15) is 17.4 Å². The van der Waals surface area contributed by atoms with E-state index in [0.29, 0.717) is 28.0 Å². The van der Waals surface area contributed by atoms with Crippen molar-refractivity contribution in [2.24, 2.45) is 0 Å². The van der Waals surface area contributed by atoms with Gasteiger partial charge in [-0.2, -0.15) is 0 Å². The fraction of sp³-hybridized carbons (Fsp3) is 0.0870. The number of hydrogen-bond donors (Lipinski definition) is 1. The Balaban J connectivity index is 1.74. The zero-order chi connectivity index (χ0) is 22.8. The van der Waals surface area contributed by atoms with Crippen molar-refractivity contribution < 1.29 is 27.6 Å². The molecule has 162 valence electrons. The second kappa shape index (κ2) is 8.80. The fourth-order valence-electron chi connectivity index (χ4n) is 3.24. The van der Waals surface area contributed by atoms with Crippen molar-refractivity contribution in [3.63, 3.8) is 0 Å². The number of hydrogen-bond acceptors (Lipinski definition) is 5. The first-order valence-electron chi connectivity index (χ1n) is 9.46. The van der Waals surface area contributed by atoms with Gasteiger partial charge in [0.05, 0.1) is 28.2 Å². The zero-order valence-corrected chi connectivity index (χ0v) is 17.5. The van der Waals surface area contributed by atoms with Crippen LogP contribution in [0.4, 0.5) is 20.2 Å². The molecule has 0 spiro atoms. The van der Waals surface area contributed by atoms with E-state index in [9.17, 15) is 23.2 Å². The van der Waals surface area contributed by atoms with E-state index in [1.807, 2.05) is 0 Å². The van der Waals surface area contributed by atoms with E-state index in [2.05, 4.69) is 5.32 Å². The van der Waals surface area contributed by atoms with Crippen LogP contribution in [0.2, 0.25) is 0 Å². The van der Waals surface area contributed by atoms with Gasteiger partial charge in [-0.15, -0.1) is 11.8 Å². The maximum atomic E-state index is 14.4. The van der Waals surface area contributed by atoms with Crippen LogP contribution in [-0.4, -0.2) is 17.7 Å². The van der Waals surface area contributed by atoms with E-state index in [0.717, 1.165) is 23.9 Å². The normalized spacial score (nSPS) is 13.8. The van der Waals surface area contributed by atoms with E-state index < -0.39 is 23.4 Å². The quantitative estimate of drug-likeness (QED) is 0.545. The average Bonchev–Trinajstić information content (AvgIpc) is 3.34. The van der Waals surface area contributed by atoms with Crippen LogP contribution in [0.3, 0.4) is 0 Å². The molecule has 0 aliphatic carbocycles. The molecule has 0 saturated heterocycles. The van der Waals surface area contributed by atoms with Crippen LogP contribution in [0.1, 0.15) is 18.2 Å². The standard InChI is InChI=1S/C23H16F2N2O4S/c1-13(28)26-16-7-4-14(5-8-16)20-21(32-12-17-3-2-10-31-17)23(30)27(22(20)29)19-9-6-15(24)11-18(19)25/h2-11H,12H2,1H3,(H,26,28). The van der Waals surface area contributed by atoms with Gasteiger partial charge in [-0.1, -0.05) is 12.1 Å². The van der Waals surface area contributed by atoms with Crippen LogP contribution < -0.4 is 10.2 Å². The summed E-state index contributed by atoms with van der Waals surface area (Å²) in [5.74, 6) is -2.67. The Kier molecular flexibility index (Phi) is 5.91. The Bertz CT molecular complexity index is 1240. The number of halogens is 2. The molecule has 2 heterocycles. The van der Waals surface area contributed by atoms with Crippen LogP contribution in [0, 0.1) is 11.6 Å². The van der Waals surface area contributed by atoms with Crippen LogP contribution in [-0.2, 0) is 20.1 Å². The Hall–Kier alpha value is -3.72. The van der Waals surface area contributed by atoms with Crippen LogP contribution in [0.25, 0.3) is 5.57 Å². The molecule has 3 aromatic rings. The fourth-order valence-corrected chi connectivity index (χ4v) is 4.26. The number of nitrogens with one attached hydrogen (secondary N) is 1. The summed E-state index contributed by atoms with van der Waals surface area (Å²) in [5, 5.41) is 2.62. The van der Waals surface area contributed by atoms with Gasteiger partial charge in [0, 0.05) is 18.7 Å². The van der Waals surface area contributed by atoms with E-state index in [1.165, 1.54) is 13.2 Å². The van der Waals surface area contributed by atoms with Gasteiger partial charge < -0.3 is 9.73 Å². The molecule has 0 fully saturated rings. The summed E-state index contributed by atoms with van der Waals surface area (Å²) in [6, 6.07) is 12.4. The monoisotopic (exact) mass is 454 g/mol. The molecule has 1 aliphatic rings. The molecule has 0 saturated carbocycles. The molecule has 0 unspecified atom stereocenters. The van der Waals surface area contributed by atoms with Crippen LogP contribution in [0.5, 0.6) is 0 Å². The molecule has 1 aliphatic heterocycles. The summed E-state index contributed by atoms with van der Waals surface area (Å²) >= 11 is 1.09. The van der Waals surface area contributed by atoms with Crippen LogP contribution >= 0.6 is 11.8 Å². The lowest BCUT2D eigenvalue weighted by Gasteiger charge is -2.16. The molecule has 0 atom stereocenters. The molecule has 9 heteroatoms. The van der Waals surface area contributed by atoms with Gasteiger partial charge in [-0.25, -0.2) is 13.7 Å². The highest BCUT2D eigenvalue weighted by Crippen LogP contribution is 2.40. The summed E-state index contributed by atoms with van der Waals surface area (Å²) < 4.78 is 33.1. The molecular weight excluding hydrogens is 438 g/mol. The molecule has 6 nitrogen and oxygen atoms in total. The summed E-state index contributed by atoms with van der Waals surface area (Å²) in [6.45, 7) is 1.37. The first-order chi connectivity index (χ1) is 15.3.